The van der Waals surface area contributed by atoms with Crippen LogP contribution in [-0.2, 0) is 11.2 Å². The van der Waals surface area contributed by atoms with Gasteiger partial charge in [-0.05, 0) is 28.9 Å². The molecule has 1 amide bonds. The third kappa shape index (κ3) is 2.93. The number of benzene rings is 1. The highest BCUT2D eigenvalue weighted by Crippen LogP contribution is 2.62. The van der Waals surface area contributed by atoms with Gasteiger partial charge in [0.05, 0.1) is 0 Å². The van der Waals surface area contributed by atoms with Crippen LogP contribution < -0.4 is 11.1 Å². The molecule has 1 fully saturated rings. The van der Waals surface area contributed by atoms with Gasteiger partial charge < -0.3 is 11.1 Å². The van der Waals surface area contributed by atoms with Crippen molar-refractivity contribution in [2.24, 2.45) is 10.8 Å². The molecule has 1 aliphatic carbocycles. The molecule has 0 spiro atoms. The summed E-state index contributed by atoms with van der Waals surface area (Å²) in [5.74, 6) is 0.118. The summed E-state index contributed by atoms with van der Waals surface area (Å²) in [6.45, 7) is 8.81. The van der Waals surface area contributed by atoms with E-state index in [1.54, 1.807) is 0 Å². The van der Waals surface area contributed by atoms with Crippen molar-refractivity contribution in [1.82, 2.24) is 5.32 Å². The minimum absolute atomic E-state index is 0. The second-order valence-electron chi connectivity index (χ2n) is 6.64. The molecule has 0 heterocycles. The molecule has 3 nitrogen and oxygen atoms in total. The van der Waals surface area contributed by atoms with Crippen LogP contribution in [0.5, 0.6) is 0 Å². The van der Waals surface area contributed by atoms with Gasteiger partial charge in [-0.3, -0.25) is 4.79 Å². The number of amides is 1. The van der Waals surface area contributed by atoms with Gasteiger partial charge in [-0.2, -0.15) is 0 Å². The average molecular weight is 297 g/mol. The minimum atomic E-state index is 0. The fraction of sp³-hybridized carbons (Fsp3) is 0.562. The number of anilines is 1. The molecule has 1 aromatic rings. The lowest BCUT2D eigenvalue weighted by Crippen LogP contribution is -2.29. The molecule has 4 heteroatoms. The van der Waals surface area contributed by atoms with Crippen molar-refractivity contribution in [2.75, 3.05) is 5.73 Å². The lowest BCUT2D eigenvalue weighted by Gasteiger charge is -2.08. The van der Waals surface area contributed by atoms with Gasteiger partial charge in [-0.25, -0.2) is 0 Å². The normalized spacial score (nSPS) is 19.0. The molecule has 0 unspecified atom stereocenters. The maximum Gasteiger partial charge on any atom is 0.220 e. The van der Waals surface area contributed by atoms with Crippen molar-refractivity contribution >= 4 is 24.0 Å². The Morgan fingerprint density at radius 2 is 1.75 bits per heavy atom. The molecule has 2 rings (SSSR count). The maximum absolute atomic E-state index is 12.0. The van der Waals surface area contributed by atoms with Crippen molar-refractivity contribution in [1.29, 1.82) is 0 Å². The molecule has 0 aromatic heterocycles. The molecule has 0 aliphatic heterocycles. The monoisotopic (exact) mass is 296 g/mol. The average Bonchev–Trinajstić information content (AvgIpc) is 2.71. The first-order chi connectivity index (χ1) is 8.76. The molecule has 1 aromatic carbocycles. The minimum Gasteiger partial charge on any atom is -0.399 e. The van der Waals surface area contributed by atoms with Crippen LogP contribution >= 0.6 is 12.4 Å². The second-order valence-corrected chi connectivity index (χ2v) is 6.64. The molecule has 0 radical (unpaired) electrons. The summed E-state index contributed by atoms with van der Waals surface area (Å²) in [7, 11) is 0. The Kier molecular flexibility index (Phi) is 4.75. The summed E-state index contributed by atoms with van der Waals surface area (Å²) >= 11 is 0. The highest BCUT2D eigenvalue weighted by Gasteiger charge is 2.65. The molecule has 1 aliphatic rings. The number of nitrogens with one attached hydrogen (secondary N) is 1. The number of para-hydroxylation sites is 1. The van der Waals surface area contributed by atoms with Gasteiger partial charge in [0.25, 0.3) is 0 Å². The Balaban J connectivity index is 0.00000200. The van der Waals surface area contributed by atoms with Gasteiger partial charge in [0.1, 0.15) is 0 Å². The topological polar surface area (TPSA) is 55.1 Å². The predicted octanol–water partition coefficient (Wildman–Crippen LogP) is 3.17. The van der Waals surface area contributed by atoms with Gasteiger partial charge in [-0.15, -0.1) is 12.4 Å². The summed E-state index contributed by atoms with van der Waals surface area (Å²) in [6.07, 6.45) is 1.20. The highest BCUT2D eigenvalue weighted by molar-refractivity contribution is 5.85. The largest absolute Gasteiger partial charge is 0.399 e. The van der Waals surface area contributed by atoms with E-state index in [1.165, 1.54) is 0 Å². The Bertz CT molecular complexity index is 483. The Morgan fingerprint density at radius 1 is 1.20 bits per heavy atom. The quantitative estimate of drug-likeness (QED) is 0.839. The first-order valence-corrected chi connectivity index (χ1v) is 6.89. The molecule has 112 valence electrons. The van der Waals surface area contributed by atoms with Gasteiger partial charge >= 0.3 is 0 Å². The summed E-state index contributed by atoms with van der Waals surface area (Å²) in [4.78, 5) is 12.0. The van der Waals surface area contributed by atoms with Crippen molar-refractivity contribution in [2.45, 2.75) is 46.6 Å². The van der Waals surface area contributed by atoms with Gasteiger partial charge in [-0.1, -0.05) is 45.9 Å². The summed E-state index contributed by atoms with van der Waals surface area (Å²) in [5.41, 5.74) is 8.07. The van der Waals surface area contributed by atoms with E-state index in [2.05, 4.69) is 33.0 Å². The number of carbonyl (C=O) groups excluding carboxylic acids is 1. The first-order valence-electron chi connectivity index (χ1n) is 6.89. The molecule has 0 bridgehead atoms. The Hall–Kier alpha value is -1.22. The number of hydrogen-bond donors (Lipinski definition) is 2. The molecular weight excluding hydrogens is 272 g/mol. The van der Waals surface area contributed by atoms with E-state index >= 15 is 0 Å². The lowest BCUT2D eigenvalue weighted by atomic mass is 10.0. The second kappa shape index (κ2) is 5.65. The van der Waals surface area contributed by atoms with Crippen molar-refractivity contribution in [3.05, 3.63) is 29.8 Å². The van der Waals surface area contributed by atoms with Crippen molar-refractivity contribution in [3.8, 4) is 0 Å². The third-order valence-electron chi connectivity index (χ3n) is 5.00. The van der Waals surface area contributed by atoms with E-state index in [1.807, 2.05) is 24.3 Å². The molecular formula is C16H25ClN2O. The Morgan fingerprint density at radius 3 is 2.25 bits per heavy atom. The van der Waals surface area contributed by atoms with Crippen LogP contribution in [0.25, 0.3) is 0 Å². The van der Waals surface area contributed by atoms with E-state index in [0.717, 1.165) is 11.3 Å². The van der Waals surface area contributed by atoms with Crippen molar-refractivity contribution in [3.63, 3.8) is 0 Å². The summed E-state index contributed by atoms with van der Waals surface area (Å²) < 4.78 is 0. The summed E-state index contributed by atoms with van der Waals surface area (Å²) in [5, 5.41) is 3.14. The number of carbonyl (C=O) groups is 1. The smallest absolute Gasteiger partial charge is 0.220 e. The van der Waals surface area contributed by atoms with E-state index in [-0.39, 0.29) is 35.2 Å². The van der Waals surface area contributed by atoms with Gasteiger partial charge in [0, 0.05) is 18.2 Å². The number of nitrogens with two attached hydrogens (primary N) is 1. The SMILES string of the molecule is CC1(C)C(NC(=O)CCc2ccccc2N)C1(C)C.Cl. The first kappa shape index (κ1) is 16.8. The number of aryl methyl sites for hydroxylation is 1. The molecule has 1 saturated carbocycles. The van der Waals surface area contributed by atoms with Crippen LogP contribution in [0.3, 0.4) is 0 Å². The number of rotatable bonds is 4. The molecule has 0 saturated heterocycles. The van der Waals surface area contributed by atoms with Gasteiger partial charge in [0.2, 0.25) is 5.91 Å². The van der Waals surface area contributed by atoms with Crippen LogP contribution in [0.4, 0.5) is 5.69 Å². The fourth-order valence-corrected chi connectivity index (χ4v) is 2.80. The van der Waals surface area contributed by atoms with E-state index in [9.17, 15) is 4.79 Å². The molecule has 0 atom stereocenters. The number of nitrogen functional groups attached to an aromatic ring is 1. The summed E-state index contributed by atoms with van der Waals surface area (Å²) in [6, 6.07) is 8.00. The van der Waals surface area contributed by atoms with Crippen LogP contribution in [0.2, 0.25) is 0 Å². The number of hydrogen-bond acceptors (Lipinski definition) is 2. The number of halogens is 1. The van der Waals surface area contributed by atoms with E-state index in [4.69, 9.17) is 5.73 Å². The van der Waals surface area contributed by atoms with Crippen LogP contribution in [0, 0.1) is 10.8 Å². The Labute approximate surface area is 127 Å². The van der Waals surface area contributed by atoms with Crippen LogP contribution in [-0.4, -0.2) is 11.9 Å². The van der Waals surface area contributed by atoms with E-state index < -0.39 is 0 Å². The van der Waals surface area contributed by atoms with Crippen molar-refractivity contribution < 1.29 is 4.79 Å². The third-order valence-corrected chi connectivity index (χ3v) is 5.00. The zero-order valence-electron chi connectivity index (χ0n) is 12.7. The molecule has 20 heavy (non-hydrogen) atoms. The fourth-order valence-electron chi connectivity index (χ4n) is 2.80. The van der Waals surface area contributed by atoms with Gasteiger partial charge in [0.15, 0.2) is 0 Å². The predicted molar refractivity (Wildman–Crippen MR) is 85.9 cm³/mol. The standard InChI is InChI=1S/C16H24N2O.ClH/c1-15(2)14(16(15,3)4)18-13(19)10-9-11-7-5-6-8-12(11)17;/h5-8,14H,9-10,17H2,1-4H3,(H,18,19);1H. The zero-order valence-corrected chi connectivity index (χ0v) is 13.5. The van der Waals surface area contributed by atoms with E-state index in [0.29, 0.717) is 12.8 Å². The zero-order chi connectivity index (χ0) is 14.3. The van der Waals surface area contributed by atoms with Crippen LogP contribution in [0.1, 0.15) is 39.7 Å². The van der Waals surface area contributed by atoms with Crippen LogP contribution in [0.15, 0.2) is 24.3 Å². The lowest BCUT2D eigenvalue weighted by molar-refractivity contribution is -0.121. The highest BCUT2D eigenvalue weighted by atomic mass is 35.5. The maximum atomic E-state index is 12.0. The molecule has 3 N–H and O–H groups in total.